The van der Waals surface area contributed by atoms with Crippen LogP contribution in [0.3, 0.4) is 0 Å². The largest absolute Gasteiger partial charge is 0.385 e. The second-order valence-corrected chi connectivity index (χ2v) is 5.03. The van der Waals surface area contributed by atoms with Gasteiger partial charge in [0.15, 0.2) is 0 Å². The Morgan fingerprint density at radius 3 is 2.23 bits per heavy atom. The third kappa shape index (κ3) is 2.15. The molecule has 1 unspecified atom stereocenters. The fraction of sp³-hybridized carbons (Fsp3) is 0.800. The van der Waals surface area contributed by atoms with Crippen LogP contribution in [-0.2, 0) is 0 Å². The molecule has 1 heterocycles. The Kier molecular flexibility index (Phi) is 2.57. The summed E-state index contributed by atoms with van der Waals surface area (Å²) >= 11 is 0. The molecule has 0 aromatic heterocycles. The Morgan fingerprint density at radius 1 is 1.46 bits per heavy atom. The second-order valence-electron chi connectivity index (χ2n) is 5.03. The van der Waals surface area contributed by atoms with Crippen molar-refractivity contribution in [1.82, 2.24) is 10.4 Å². The van der Waals surface area contributed by atoms with Crippen LogP contribution >= 0.6 is 0 Å². The van der Waals surface area contributed by atoms with Gasteiger partial charge in [0.2, 0.25) is 0 Å². The first kappa shape index (κ1) is 10.4. The average molecular weight is 183 g/mol. The van der Waals surface area contributed by atoms with E-state index < -0.39 is 0 Å². The standard InChI is InChI=1S/C10H21N3/c1-7(2)13-9(11)6-8(12-13)10(3,4)5/h6-8,12H,11H2,1-5H3. The number of nitrogens with one attached hydrogen (secondary N) is 1. The molecule has 1 rings (SSSR count). The fourth-order valence-corrected chi connectivity index (χ4v) is 1.40. The first-order valence-electron chi connectivity index (χ1n) is 4.85. The number of hydrogen-bond acceptors (Lipinski definition) is 3. The van der Waals surface area contributed by atoms with Gasteiger partial charge in [-0.25, -0.2) is 5.43 Å². The highest BCUT2D eigenvalue weighted by molar-refractivity contribution is 5.11. The Hall–Kier alpha value is -0.700. The molecule has 0 spiro atoms. The van der Waals surface area contributed by atoms with E-state index in [-0.39, 0.29) is 5.41 Å². The van der Waals surface area contributed by atoms with Crippen LogP contribution in [0.5, 0.6) is 0 Å². The zero-order chi connectivity index (χ0) is 10.2. The number of nitrogens with two attached hydrogens (primary N) is 1. The van der Waals surface area contributed by atoms with Gasteiger partial charge in [0.1, 0.15) is 5.82 Å². The molecule has 0 aromatic carbocycles. The summed E-state index contributed by atoms with van der Waals surface area (Å²) in [6.45, 7) is 10.9. The van der Waals surface area contributed by atoms with Crippen LogP contribution in [0.4, 0.5) is 0 Å². The lowest BCUT2D eigenvalue weighted by molar-refractivity contribution is 0.161. The highest BCUT2D eigenvalue weighted by Crippen LogP contribution is 2.25. The molecular weight excluding hydrogens is 162 g/mol. The molecule has 0 fully saturated rings. The zero-order valence-electron chi connectivity index (χ0n) is 9.26. The van der Waals surface area contributed by atoms with E-state index in [0.717, 1.165) is 5.82 Å². The molecule has 3 N–H and O–H groups in total. The first-order chi connectivity index (χ1) is 5.82. The first-order valence-corrected chi connectivity index (χ1v) is 4.85. The van der Waals surface area contributed by atoms with Gasteiger partial charge in [-0.15, -0.1) is 0 Å². The third-order valence-corrected chi connectivity index (χ3v) is 2.34. The molecule has 1 aliphatic rings. The van der Waals surface area contributed by atoms with Gasteiger partial charge < -0.3 is 5.73 Å². The van der Waals surface area contributed by atoms with Crippen LogP contribution < -0.4 is 11.2 Å². The lowest BCUT2D eigenvalue weighted by Crippen LogP contribution is -2.47. The van der Waals surface area contributed by atoms with Crippen LogP contribution in [0.1, 0.15) is 34.6 Å². The maximum atomic E-state index is 5.89. The number of hydrazine groups is 1. The van der Waals surface area contributed by atoms with Crippen LogP contribution in [0.25, 0.3) is 0 Å². The van der Waals surface area contributed by atoms with Crippen molar-refractivity contribution in [2.75, 3.05) is 0 Å². The Bertz CT molecular complexity index is 213. The van der Waals surface area contributed by atoms with Crippen LogP contribution in [0.15, 0.2) is 11.9 Å². The summed E-state index contributed by atoms with van der Waals surface area (Å²) in [4.78, 5) is 0. The molecule has 3 heteroatoms. The van der Waals surface area contributed by atoms with Crippen molar-refractivity contribution in [3.05, 3.63) is 11.9 Å². The number of rotatable bonds is 1. The fourth-order valence-electron chi connectivity index (χ4n) is 1.40. The molecule has 0 amide bonds. The smallest absolute Gasteiger partial charge is 0.111 e. The molecule has 0 saturated heterocycles. The molecular formula is C10H21N3. The highest BCUT2D eigenvalue weighted by atomic mass is 15.6. The van der Waals surface area contributed by atoms with E-state index >= 15 is 0 Å². The number of hydrogen-bond donors (Lipinski definition) is 2. The van der Waals surface area contributed by atoms with Crippen molar-refractivity contribution in [1.29, 1.82) is 0 Å². The summed E-state index contributed by atoms with van der Waals surface area (Å²) < 4.78 is 0. The summed E-state index contributed by atoms with van der Waals surface area (Å²) in [6, 6.07) is 0.749. The van der Waals surface area contributed by atoms with Gasteiger partial charge in [0.25, 0.3) is 0 Å². The van der Waals surface area contributed by atoms with E-state index in [1.807, 2.05) is 5.01 Å². The van der Waals surface area contributed by atoms with E-state index in [1.165, 1.54) is 0 Å². The van der Waals surface area contributed by atoms with Crippen molar-refractivity contribution in [2.24, 2.45) is 11.1 Å². The van der Waals surface area contributed by atoms with Crippen molar-refractivity contribution in [2.45, 2.75) is 46.7 Å². The van der Waals surface area contributed by atoms with E-state index in [1.54, 1.807) is 0 Å². The van der Waals surface area contributed by atoms with Gasteiger partial charge >= 0.3 is 0 Å². The highest BCUT2D eigenvalue weighted by Gasteiger charge is 2.31. The van der Waals surface area contributed by atoms with Crippen LogP contribution in [0, 0.1) is 5.41 Å². The molecule has 76 valence electrons. The van der Waals surface area contributed by atoms with Crippen molar-refractivity contribution < 1.29 is 0 Å². The van der Waals surface area contributed by atoms with Gasteiger partial charge in [0, 0.05) is 6.04 Å². The van der Waals surface area contributed by atoms with E-state index in [2.05, 4.69) is 46.1 Å². The molecule has 1 aliphatic heterocycles. The minimum Gasteiger partial charge on any atom is -0.385 e. The van der Waals surface area contributed by atoms with Crippen molar-refractivity contribution >= 4 is 0 Å². The molecule has 1 atom stereocenters. The Labute approximate surface area is 80.9 Å². The molecule has 3 nitrogen and oxygen atoms in total. The predicted octanol–water partition coefficient (Wildman–Crippen LogP) is 1.43. The molecule has 0 aliphatic carbocycles. The minimum atomic E-state index is 0.217. The SMILES string of the molecule is CC(C)N1NC(C(C)(C)C)C=C1N. The van der Waals surface area contributed by atoms with E-state index in [4.69, 9.17) is 5.73 Å². The Balaban J connectivity index is 2.71. The maximum Gasteiger partial charge on any atom is 0.111 e. The normalized spacial score (nSPS) is 24.0. The quantitative estimate of drug-likeness (QED) is 0.646. The van der Waals surface area contributed by atoms with E-state index in [0.29, 0.717) is 12.1 Å². The average Bonchev–Trinajstić information content (AvgIpc) is 2.29. The van der Waals surface area contributed by atoms with Crippen LogP contribution in [-0.4, -0.2) is 17.1 Å². The summed E-state index contributed by atoms with van der Waals surface area (Å²) in [5.74, 6) is 0.843. The summed E-state index contributed by atoms with van der Waals surface area (Å²) in [7, 11) is 0. The number of nitrogens with zero attached hydrogens (tertiary/aromatic N) is 1. The van der Waals surface area contributed by atoms with Crippen molar-refractivity contribution in [3.8, 4) is 0 Å². The summed E-state index contributed by atoms with van der Waals surface area (Å²) in [5.41, 5.74) is 9.50. The molecule has 0 aromatic rings. The van der Waals surface area contributed by atoms with Crippen LogP contribution in [0.2, 0.25) is 0 Å². The maximum absolute atomic E-state index is 5.89. The van der Waals surface area contributed by atoms with Gasteiger partial charge in [0.05, 0.1) is 6.04 Å². The van der Waals surface area contributed by atoms with Gasteiger partial charge in [-0.3, -0.25) is 5.01 Å². The lowest BCUT2D eigenvalue weighted by Gasteiger charge is -2.31. The van der Waals surface area contributed by atoms with Gasteiger partial charge in [-0.05, 0) is 25.3 Å². The summed E-state index contributed by atoms with van der Waals surface area (Å²) in [6.07, 6.45) is 2.10. The van der Waals surface area contributed by atoms with Crippen molar-refractivity contribution in [3.63, 3.8) is 0 Å². The summed E-state index contributed by atoms with van der Waals surface area (Å²) in [5, 5.41) is 2.02. The lowest BCUT2D eigenvalue weighted by atomic mass is 9.87. The van der Waals surface area contributed by atoms with Gasteiger partial charge in [-0.1, -0.05) is 20.8 Å². The minimum absolute atomic E-state index is 0.217. The second kappa shape index (κ2) is 3.22. The van der Waals surface area contributed by atoms with Gasteiger partial charge in [-0.2, -0.15) is 0 Å². The molecule has 0 saturated carbocycles. The monoisotopic (exact) mass is 183 g/mol. The molecule has 0 radical (unpaired) electrons. The Morgan fingerprint density at radius 2 is 2.00 bits per heavy atom. The molecule has 13 heavy (non-hydrogen) atoms. The molecule has 0 bridgehead atoms. The predicted molar refractivity (Wildman–Crippen MR) is 55.6 cm³/mol. The third-order valence-electron chi connectivity index (χ3n) is 2.34. The topological polar surface area (TPSA) is 41.3 Å². The zero-order valence-corrected chi connectivity index (χ0v) is 9.26. The van der Waals surface area contributed by atoms with E-state index in [9.17, 15) is 0 Å².